The minimum absolute atomic E-state index is 0.0490. The zero-order chi connectivity index (χ0) is 15.9. The van der Waals surface area contributed by atoms with Crippen LogP contribution in [0.3, 0.4) is 0 Å². The Morgan fingerprint density at radius 2 is 1.86 bits per heavy atom. The van der Waals surface area contributed by atoms with Gasteiger partial charge in [0.25, 0.3) is 0 Å². The Balaban J connectivity index is 1.79. The molecule has 22 heavy (non-hydrogen) atoms. The van der Waals surface area contributed by atoms with Gasteiger partial charge in [-0.15, -0.1) is 11.8 Å². The molecule has 2 rings (SSSR count). The average molecular weight is 315 g/mol. The summed E-state index contributed by atoms with van der Waals surface area (Å²) >= 11 is 1.67. The first-order chi connectivity index (χ1) is 10.6. The summed E-state index contributed by atoms with van der Waals surface area (Å²) < 4.78 is 5.12. The van der Waals surface area contributed by atoms with Crippen molar-refractivity contribution in [1.82, 2.24) is 0 Å². The molecule has 0 unspecified atom stereocenters. The van der Waals surface area contributed by atoms with Crippen molar-refractivity contribution >= 4 is 23.4 Å². The monoisotopic (exact) mass is 315 g/mol. The molecule has 0 bridgehead atoms. The van der Waals surface area contributed by atoms with Crippen LogP contribution in [-0.2, 0) is 4.79 Å². The number of anilines is 1. The number of carbonyl (C=O) groups excluding carboxylic acids is 1. The molecule has 0 aliphatic heterocycles. The van der Waals surface area contributed by atoms with E-state index in [0.717, 1.165) is 27.6 Å². The standard InChI is InChI=1S/C18H21NO2S/c1-13-4-9-17(14(2)12-13)19-18(20)10-11-22-16-7-5-15(21-3)6-8-16/h4-9,12H,10-11H2,1-3H3,(H,19,20). The maximum Gasteiger partial charge on any atom is 0.225 e. The highest BCUT2D eigenvalue weighted by molar-refractivity contribution is 7.99. The molecular weight excluding hydrogens is 294 g/mol. The molecule has 1 N–H and O–H groups in total. The molecular formula is C18H21NO2S. The predicted molar refractivity (Wildman–Crippen MR) is 92.9 cm³/mol. The molecule has 0 fully saturated rings. The van der Waals surface area contributed by atoms with E-state index in [1.54, 1.807) is 18.9 Å². The summed E-state index contributed by atoms with van der Waals surface area (Å²) in [6.07, 6.45) is 0.490. The first-order valence-electron chi connectivity index (χ1n) is 7.22. The minimum Gasteiger partial charge on any atom is -0.497 e. The number of nitrogens with one attached hydrogen (secondary N) is 1. The lowest BCUT2D eigenvalue weighted by atomic mass is 10.1. The van der Waals surface area contributed by atoms with Crippen LogP contribution in [0.1, 0.15) is 17.5 Å². The second kappa shape index (κ2) is 7.90. The van der Waals surface area contributed by atoms with Crippen molar-refractivity contribution in [3.05, 3.63) is 53.6 Å². The normalized spacial score (nSPS) is 10.3. The van der Waals surface area contributed by atoms with Gasteiger partial charge in [0.2, 0.25) is 5.91 Å². The van der Waals surface area contributed by atoms with Gasteiger partial charge in [0.05, 0.1) is 7.11 Å². The van der Waals surface area contributed by atoms with Crippen molar-refractivity contribution in [2.45, 2.75) is 25.2 Å². The van der Waals surface area contributed by atoms with Crippen LogP contribution in [0, 0.1) is 13.8 Å². The molecule has 2 aromatic carbocycles. The fourth-order valence-electron chi connectivity index (χ4n) is 2.10. The number of carbonyl (C=O) groups is 1. The van der Waals surface area contributed by atoms with Gasteiger partial charge < -0.3 is 10.1 Å². The predicted octanol–water partition coefficient (Wildman–Crippen LogP) is 4.43. The summed E-state index contributed by atoms with van der Waals surface area (Å²) in [6.45, 7) is 4.05. The van der Waals surface area contributed by atoms with Gasteiger partial charge in [0, 0.05) is 22.8 Å². The molecule has 116 valence electrons. The van der Waals surface area contributed by atoms with E-state index >= 15 is 0 Å². The van der Waals surface area contributed by atoms with Crippen LogP contribution in [0.4, 0.5) is 5.69 Å². The van der Waals surface area contributed by atoms with Crippen LogP contribution in [0.2, 0.25) is 0 Å². The fraction of sp³-hybridized carbons (Fsp3) is 0.278. The number of thioether (sulfide) groups is 1. The molecule has 4 heteroatoms. The number of methoxy groups -OCH3 is 1. The zero-order valence-corrected chi connectivity index (χ0v) is 14.0. The molecule has 1 amide bonds. The maximum absolute atomic E-state index is 12.0. The van der Waals surface area contributed by atoms with Crippen molar-refractivity contribution in [2.75, 3.05) is 18.2 Å². The van der Waals surface area contributed by atoms with E-state index in [1.807, 2.05) is 50.2 Å². The van der Waals surface area contributed by atoms with Crippen LogP contribution in [0.5, 0.6) is 5.75 Å². The Morgan fingerprint density at radius 3 is 2.50 bits per heavy atom. The number of ether oxygens (including phenoxy) is 1. The molecule has 0 atom stereocenters. The summed E-state index contributed by atoms with van der Waals surface area (Å²) in [4.78, 5) is 13.1. The van der Waals surface area contributed by atoms with Crippen molar-refractivity contribution in [3.8, 4) is 5.75 Å². The number of hydrogen-bond donors (Lipinski definition) is 1. The quantitative estimate of drug-likeness (QED) is 0.801. The summed E-state index contributed by atoms with van der Waals surface area (Å²) in [5, 5.41) is 2.97. The van der Waals surface area contributed by atoms with E-state index in [-0.39, 0.29) is 5.91 Å². The molecule has 0 saturated heterocycles. The molecule has 3 nitrogen and oxygen atoms in total. The Labute approximate surface area is 136 Å². The van der Waals surface area contributed by atoms with E-state index < -0.39 is 0 Å². The highest BCUT2D eigenvalue weighted by Crippen LogP contribution is 2.22. The smallest absolute Gasteiger partial charge is 0.225 e. The van der Waals surface area contributed by atoms with Gasteiger partial charge in [-0.25, -0.2) is 0 Å². The van der Waals surface area contributed by atoms with Crippen molar-refractivity contribution in [3.63, 3.8) is 0 Å². The van der Waals surface area contributed by atoms with Crippen molar-refractivity contribution in [2.24, 2.45) is 0 Å². The largest absolute Gasteiger partial charge is 0.497 e. The molecule has 0 heterocycles. The summed E-state index contributed by atoms with van der Waals surface area (Å²) in [7, 11) is 1.65. The van der Waals surface area contributed by atoms with Gasteiger partial charge in [0.15, 0.2) is 0 Å². The zero-order valence-electron chi connectivity index (χ0n) is 13.2. The first-order valence-corrected chi connectivity index (χ1v) is 8.21. The summed E-state index contributed by atoms with van der Waals surface area (Å²) in [5.74, 6) is 1.65. The Bertz CT molecular complexity index is 638. The maximum atomic E-state index is 12.0. The third kappa shape index (κ3) is 4.81. The molecule has 0 aliphatic rings. The number of hydrogen-bond acceptors (Lipinski definition) is 3. The van der Waals surface area contributed by atoms with Gasteiger partial charge >= 0.3 is 0 Å². The fourth-order valence-corrected chi connectivity index (χ4v) is 2.95. The Hall–Kier alpha value is -1.94. The topological polar surface area (TPSA) is 38.3 Å². The van der Waals surface area contributed by atoms with Gasteiger partial charge in [-0.1, -0.05) is 17.7 Å². The molecule has 2 aromatic rings. The van der Waals surface area contributed by atoms with E-state index in [4.69, 9.17) is 4.74 Å². The van der Waals surface area contributed by atoms with Crippen LogP contribution in [-0.4, -0.2) is 18.8 Å². The molecule has 0 radical (unpaired) electrons. The molecule has 0 aliphatic carbocycles. The Morgan fingerprint density at radius 1 is 1.14 bits per heavy atom. The first kappa shape index (κ1) is 16.4. The highest BCUT2D eigenvalue weighted by atomic mass is 32.2. The summed E-state index contributed by atoms with van der Waals surface area (Å²) in [6, 6.07) is 13.9. The van der Waals surface area contributed by atoms with E-state index in [1.165, 1.54) is 5.56 Å². The third-order valence-electron chi connectivity index (χ3n) is 3.31. The summed E-state index contributed by atoms with van der Waals surface area (Å²) in [5.41, 5.74) is 3.19. The molecule has 0 aromatic heterocycles. The van der Waals surface area contributed by atoms with E-state index in [0.29, 0.717) is 6.42 Å². The van der Waals surface area contributed by atoms with Gasteiger partial charge in [-0.05, 0) is 49.7 Å². The number of rotatable bonds is 6. The second-order valence-electron chi connectivity index (χ2n) is 5.14. The van der Waals surface area contributed by atoms with Crippen LogP contribution in [0.25, 0.3) is 0 Å². The highest BCUT2D eigenvalue weighted by Gasteiger charge is 2.05. The lowest BCUT2D eigenvalue weighted by Gasteiger charge is -2.09. The Kier molecular flexibility index (Phi) is 5.90. The van der Waals surface area contributed by atoms with Gasteiger partial charge in [0.1, 0.15) is 5.75 Å². The second-order valence-corrected chi connectivity index (χ2v) is 6.31. The number of amides is 1. The van der Waals surface area contributed by atoms with E-state index in [9.17, 15) is 4.79 Å². The van der Waals surface area contributed by atoms with E-state index in [2.05, 4.69) is 11.4 Å². The third-order valence-corrected chi connectivity index (χ3v) is 4.33. The number of benzene rings is 2. The molecule has 0 saturated carbocycles. The lowest BCUT2D eigenvalue weighted by molar-refractivity contribution is -0.115. The average Bonchev–Trinajstić information content (AvgIpc) is 2.51. The van der Waals surface area contributed by atoms with Gasteiger partial charge in [-0.3, -0.25) is 4.79 Å². The van der Waals surface area contributed by atoms with Crippen LogP contribution >= 0.6 is 11.8 Å². The minimum atomic E-state index is 0.0490. The number of aryl methyl sites for hydroxylation is 2. The van der Waals surface area contributed by atoms with Crippen molar-refractivity contribution < 1.29 is 9.53 Å². The van der Waals surface area contributed by atoms with Crippen molar-refractivity contribution in [1.29, 1.82) is 0 Å². The van der Waals surface area contributed by atoms with Crippen LogP contribution < -0.4 is 10.1 Å². The van der Waals surface area contributed by atoms with Gasteiger partial charge in [-0.2, -0.15) is 0 Å². The molecule has 0 spiro atoms. The lowest BCUT2D eigenvalue weighted by Crippen LogP contribution is -2.13. The SMILES string of the molecule is COc1ccc(SCCC(=O)Nc2ccc(C)cc2C)cc1. The van der Waals surface area contributed by atoms with Crippen LogP contribution in [0.15, 0.2) is 47.4 Å².